The van der Waals surface area contributed by atoms with Crippen LogP contribution in [0.2, 0.25) is 0 Å². The zero-order valence-corrected chi connectivity index (χ0v) is 10.4. The van der Waals surface area contributed by atoms with Gasteiger partial charge in [0.05, 0.1) is 18.9 Å². The van der Waals surface area contributed by atoms with E-state index in [1.165, 1.54) is 11.3 Å². The van der Waals surface area contributed by atoms with Crippen molar-refractivity contribution in [2.45, 2.75) is 13.8 Å². The predicted octanol–water partition coefficient (Wildman–Crippen LogP) is 2.50. The van der Waals surface area contributed by atoms with Gasteiger partial charge in [0, 0.05) is 17.5 Å². The molecule has 18 heavy (non-hydrogen) atoms. The molecule has 1 aromatic carbocycles. The quantitative estimate of drug-likeness (QED) is 0.602. The lowest BCUT2D eigenvalue weighted by molar-refractivity contribution is -0.0816. The van der Waals surface area contributed by atoms with E-state index >= 15 is 0 Å². The Balaban J connectivity index is 2.40. The van der Waals surface area contributed by atoms with Gasteiger partial charge in [-0.3, -0.25) is 0 Å². The molecule has 0 bridgehead atoms. The first-order chi connectivity index (χ1) is 8.74. The topological polar surface area (TPSA) is 51.9 Å². The first-order valence-corrected chi connectivity index (χ1v) is 5.84. The van der Waals surface area contributed by atoms with E-state index in [1.54, 1.807) is 12.1 Å². The van der Waals surface area contributed by atoms with E-state index in [-0.39, 0.29) is 5.63 Å². The highest BCUT2D eigenvalue weighted by Crippen LogP contribution is 2.21. The molecule has 0 saturated heterocycles. The van der Waals surface area contributed by atoms with Gasteiger partial charge < -0.3 is 4.42 Å². The monoisotopic (exact) mass is 249 g/mol. The average Bonchev–Trinajstić information content (AvgIpc) is 2.37. The molecule has 0 aliphatic carbocycles. The van der Waals surface area contributed by atoms with Crippen molar-refractivity contribution < 1.29 is 14.1 Å². The maximum absolute atomic E-state index is 11.2. The van der Waals surface area contributed by atoms with Crippen molar-refractivity contribution in [2.75, 3.05) is 18.4 Å². The Kier molecular flexibility index (Phi) is 3.96. The maximum Gasteiger partial charge on any atom is 0.336 e. The van der Waals surface area contributed by atoms with E-state index in [9.17, 15) is 4.79 Å². The van der Waals surface area contributed by atoms with Crippen LogP contribution in [0.3, 0.4) is 0 Å². The third kappa shape index (κ3) is 2.69. The Morgan fingerprint density at radius 3 is 2.44 bits per heavy atom. The van der Waals surface area contributed by atoms with Gasteiger partial charge in [-0.2, -0.15) is 0 Å². The van der Waals surface area contributed by atoms with E-state index in [2.05, 4.69) is 0 Å². The number of rotatable bonds is 5. The van der Waals surface area contributed by atoms with Crippen LogP contribution in [0.1, 0.15) is 13.8 Å². The Labute approximate surface area is 104 Å². The second-order valence-corrected chi connectivity index (χ2v) is 3.57. The van der Waals surface area contributed by atoms with Crippen molar-refractivity contribution in [3.8, 4) is 0 Å². The summed E-state index contributed by atoms with van der Waals surface area (Å²) in [7, 11) is 0. The van der Waals surface area contributed by atoms with Crippen molar-refractivity contribution >= 4 is 16.7 Å². The third-order valence-electron chi connectivity index (χ3n) is 2.31. The summed E-state index contributed by atoms with van der Waals surface area (Å²) in [6.07, 6.45) is 0. The molecule has 1 aromatic heterocycles. The first kappa shape index (κ1) is 12.6. The molecule has 96 valence electrons. The van der Waals surface area contributed by atoms with Gasteiger partial charge in [-0.15, -0.1) is 5.23 Å². The smallest absolute Gasteiger partial charge is 0.336 e. The number of hydrogen-bond acceptors (Lipinski definition) is 5. The van der Waals surface area contributed by atoms with Crippen LogP contribution in [0.25, 0.3) is 11.0 Å². The second kappa shape index (κ2) is 5.66. The minimum atomic E-state index is -0.376. The largest absolute Gasteiger partial charge is 0.423 e. The van der Waals surface area contributed by atoms with E-state index in [0.717, 1.165) is 5.39 Å². The van der Waals surface area contributed by atoms with Crippen LogP contribution in [0.4, 0.5) is 5.69 Å². The molecule has 1 heterocycles. The van der Waals surface area contributed by atoms with Gasteiger partial charge in [-0.25, -0.2) is 14.5 Å². The summed E-state index contributed by atoms with van der Waals surface area (Å²) >= 11 is 0. The van der Waals surface area contributed by atoms with Gasteiger partial charge in [0.25, 0.3) is 0 Å². The Bertz CT molecular complexity index is 572. The van der Waals surface area contributed by atoms with E-state index < -0.39 is 0 Å². The molecule has 0 atom stereocenters. The molecular weight excluding hydrogens is 234 g/mol. The van der Waals surface area contributed by atoms with Gasteiger partial charge in [0.2, 0.25) is 0 Å². The molecule has 0 amide bonds. The minimum absolute atomic E-state index is 0.376. The number of hydrogen-bond donors (Lipinski definition) is 0. The van der Waals surface area contributed by atoms with Crippen LogP contribution < -0.4 is 10.9 Å². The molecule has 2 aromatic rings. The molecule has 0 N–H and O–H groups in total. The average molecular weight is 249 g/mol. The van der Waals surface area contributed by atoms with Crippen molar-refractivity contribution in [1.29, 1.82) is 0 Å². The number of benzene rings is 1. The molecule has 0 aliphatic heterocycles. The molecule has 0 spiro atoms. The molecule has 5 nitrogen and oxygen atoms in total. The fraction of sp³-hybridized carbons (Fsp3) is 0.308. The maximum atomic E-state index is 11.2. The highest BCUT2D eigenvalue weighted by molar-refractivity contribution is 5.79. The van der Waals surface area contributed by atoms with Gasteiger partial charge >= 0.3 is 5.63 Å². The Morgan fingerprint density at radius 1 is 1.11 bits per heavy atom. The van der Waals surface area contributed by atoms with Crippen molar-refractivity contribution in [3.05, 3.63) is 40.8 Å². The summed E-state index contributed by atoms with van der Waals surface area (Å²) in [4.78, 5) is 21.9. The summed E-state index contributed by atoms with van der Waals surface area (Å²) in [6, 6.07) is 8.51. The third-order valence-corrected chi connectivity index (χ3v) is 2.31. The molecule has 0 saturated carbocycles. The van der Waals surface area contributed by atoms with Gasteiger partial charge in [-0.05, 0) is 32.0 Å². The molecule has 2 rings (SSSR count). The van der Waals surface area contributed by atoms with Crippen LogP contribution in [-0.2, 0) is 9.68 Å². The molecule has 0 radical (unpaired) electrons. The number of nitrogens with zero attached hydrogens (tertiary/aromatic N) is 1. The molecule has 5 heteroatoms. The summed E-state index contributed by atoms with van der Waals surface area (Å²) in [6.45, 7) is 4.70. The molecule has 0 aliphatic rings. The SMILES string of the molecule is CCON(OCC)c1ccc2ccc(=O)oc2c1. The lowest BCUT2D eigenvalue weighted by atomic mass is 10.2. The lowest BCUT2D eigenvalue weighted by Crippen LogP contribution is -2.23. The first-order valence-electron chi connectivity index (χ1n) is 5.84. The summed E-state index contributed by atoms with van der Waals surface area (Å²) < 4.78 is 5.12. The van der Waals surface area contributed by atoms with Crippen LogP contribution >= 0.6 is 0 Å². The standard InChI is InChI=1S/C13H15NO4/c1-3-16-14(17-4-2)11-7-5-10-6-8-13(15)18-12(10)9-11/h5-9H,3-4H2,1-2H3. The number of fused-ring (bicyclic) bond motifs is 1. The zero-order valence-electron chi connectivity index (χ0n) is 10.4. The minimum Gasteiger partial charge on any atom is -0.423 e. The molecular formula is C13H15NO4. The van der Waals surface area contributed by atoms with E-state index in [1.807, 2.05) is 26.0 Å². The fourth-order valence-electron chi connectivity index (χ4n) is 1.58. The Morgan fingerprint density at radius 2 is 1.78 bits per heavy atom. The fourth-order valence-corrected chi connectivity index (χ4v) is 1.58. The van der Waals surface area contributed by atoms with Gasteiger partial charge in [0.1, 0.15) is 5.58 Å². The highest BCUT2D eigenvalue weighted by Gasteiger charge is 2.08. The van der Waals surface area contributed by atoms with Crippen LogP contribution in [0, 0.1) is 0 Å². The van der Waals surface area contributed by atoms with Crippen LogP contribution in [0.15, 0.2) is 39.5 Å². The lowest BCUT2D eigenvalue weighted by Gasteiger charge is -2.21. The normalized spacial score (nSPS) is 10.8. The van der Waals surface area contributed by atoms with Crippen molar-refractivity contribution in [2.24, 2.45) is 0 Å². The van der Waals surface area contributed by atoms with Crippen LogP contribution in [-0.4, -0.2) is 13.2 Å². The second-order valence-electron chi connectivity index (χ2n) is 3.57. The summed E-state index contributed by atoms with van der Waals surface area (Å²) in [5, 5.41) is 2.18. The van der Waals surface area contributed by atoms with Crippen molar-refractivity contribution in [1.82, 2.24) is 0 Å². The Hall–Kier alpha value is -1.85. The van der Waals surface area contributed by atoms with E-state index in [4.69, 9.17) is 14.1 Å². The van der Waals surface area contributed by atoms with Crippen LogP contribution in [0.5, 0.6) is 0 Å². The predicted molar refractivity (Wildman–Crippen MR) is 68.2 cm³/mol. The van der Waals surface area contributed by atoms with Gasteiger partial charge in [0.15, 0.2) is 0 Å². The summed E-state index contributed by atoms with van der Waals surface area (Å²) in [5.74, 6) is 0. The zero-order chi connectivity index (χ0) is 13.0. The highest BCUT2D eigenvalue weighted by atomic mass is 16.9. The van der Waals surface area contributed by atoms with Gasteiger partial charge in [-0.1, -0.05) is 0 Å². The summed E-state index contributed by atoms with van der Waals surface area (Å²) in [5.41, 5.74) is 0.809. The number of anilines is 1. The van der Waals surface area contributed by atoms with Crippen molar-refractivity contribution in [3.63, 3.8) is 0 Å². The molecule has 0 fully saturated rings. The van der Waals surface area contributed by atoms with E-state index in [0.29, 0.717) is 24.5 Å². The molecule has 0 unspecified atom stereocenters.